The summed E-state index contributed by atoms with van der Waals surface area (Å²) >= 11 is 1.41. The van der Waals surface area contributed by atoms with Crippen molar-refractivity contribution in [2.24, 2.45) is 0 Å². The predicted molar refractivity (Wildman–Crippen MR) is 82.8 cm³/mol. The Hall–Kier alpha value is -2.15. The Morgan fingerprint density at radius 3 is 2.77 bits per heavy atom. The highest BCUT2D eigenvalue weighted by atomic mass is 32.1. The van der Waals surface area contributed by atoms with Gasteiger partial charge in [-0.3, -0.25) is 9.59 Å². The number of aliphatic carboxylic acids is 1. The molecule has 2 heterocycles. The van der Waals surface area contributed by atoms with E-state index in [9.17, 15) is 9.59 Å². The van der Waals surface area contributed by atoms with Crippen molar-refractivity contribution in [3.05, 3.63) is 29.0 Å². The van der Waals surface area contributed by atoms with Gasteiger partial charge in [-0.15, -0.1) is 11.3 Å². The van der Waals surface area contributed by atoms with Gasteiger partial charge in [0.15, 0.2) is 10.8 Å². The molecule has 2 rings (SSSR count). The minimum atomic E-state index is -1.01. The zero-order valence-electron chi connectivity index (χ0n) is 12.5. The second-order valence-corrected chi connectivity index (χ2v) is 5.80. The SMILES string of the molecule is CCCN(CC(=O)O)C(=O)Cc1csc(-c2ccc(C)o2)n1. The first-order valence-corrected chi connectivity index (χ1v) is 7.88. The first kappa shape index (κ1) is 16.2. The molecule has 2 aromatic heterocycles. The van der Waals surface area contributed by atoms with Gasteiger partial charge in [0.1, 0.15) is 12.3 Å². The molecule has 6 nitrogen and oxygen atoms in total. The minimum Gasteiger partial charge on any atom is -0.480 e. The minimum absolute atomic E-state index is 0.101. The normalized spacial score (nSPS) is 10.6. The van der Waals surface area contributed by atoms with Crippen molar-refractivity contribution in [2.45, 2.75) is 26.7 Å². The quantitative estimate of drug-likeness (QED) is 0.847. The molecule has 0 aliphatic heterocycles. The van der Waals surface area contributed by atoms with E-state index in [1.165, 1.54) is 16.2 Å². The summed E-state index contributed by atoms with van der Waals surface area (Å²) in [5.74, 6) is 0.249. The van der Waals surface area contributed by atoms with Crippen LogP contribution in [0, 0.1) is 6.92 Å². The number of rotatable bonds is 7. The molecule has 0 aliphatic rings. The van der Waals surface area contributed by atoms with Gasteiger partial charge in [-0.05, 0) is 25.5 Å². The molecule has 0 radical (unpaired) electrons. The number of nitrogens with zero attached hydrogens (tertiary/aromatic N) is 2. The lowest BCUT2D eigenvalue weighted by molar-refractivity contribution is -0.144. The fraction of sp³-hybridized carbons (Fsp3) is 0.400. The maximum atomic E-state index is 12.2. The number of hydrogen-bond acceptors (Lipinski definition) is 5. The number of carboxylic acids is 1. The second-order valence-electron chi connectivity index (χ2n) is 4.94. The molecule has 0 saturated heterocycles. The molecule has 2 aromatic rings. The molecule has 7 heteroatoms. The predicted octanol–water partition coefficient (Wildman–Crippen LogP) is 2.58. The van der Waals surface area contributed by atoms with E-state index in [0.717, 1.165) is 10.8 Å². The highest BCUT2D eigenvalue weighted by molar-refractivity contribution is 7.13. The molecule has 0 bridgehead atoms. The maximum absolute atomic E-state index is 12.2. The van der Waals surface area contributed by atoms with Crippen LogP contribution < -0.4 is 0 Å². The van der Waals surface area contributed by atoms with Crippen LogP contribution in [0.15, 0.2) is 21.9 Å². The molecule has 0 saturated carbocycles. The van der Waals surface area contributed by atoms with E-state index < -0.39 is 5.97 Å². The highest BCUT2D eigenvalue weighted by Gasteiger charge is 2.18. The molecule has 1 N–H and O–H groups in total. The van der Waals surface area contributed by atoms with Crippen molar-refractivity contribution in [1.82, 2.24) is 9.88 Å². The Bertz CT molecular complexity index is 662. The van der Waals surface area contributed by atoms with Crippen molar-refractivity contribution in [3.63, 3.8) is 0 Å². The van der Waals surface area contributed by atoms with Crippen LogP contribution in [0.25, 0.3) is 10.8 Å². The van der Waals surface area contributed by atoms with Crippen molar-refractivity contribution in [1.29, 1.82) is 0 Å². The van der Waals surface area contributed by atoms with Gasteiger partial charge in [0.2, 0.25) is 5.91 Å². The standard InChI is InChI=1S/C15H18N2O4S/c1-3-6-17(8-14(19)20)13(18)7-11-9-22-15(16-11)12-5-4-10(2)21-12/h4-5,9H,3,6-8H2,1-2H3,(H,19,20). The van der Waals surface area contributed by atoms with Gasteiger partial charge in [0.05, 0.1) is 12.1 Å². The number of furan rings is 1. The summed E-state index contributed by atoms with van der Waals surface area (Å²) in [6.07, 6.45) is 0.816. The average molecular weight is 322 g/mol. The number of aromatic nitrogens is 1. The van der Waals surface area contributed by atoms with Crippen LogP contribution in [-0.2, 0) is 16.0 Å². The molecule has 0 atom stereocenters. The number of amides is 1. The van der Waals surface area contributed by atoms with Crippen LogP contribution in [0.5, 0.6) is 0 Å². The van der Waals surface area contributed by atoms with Gasteiger partial charge >= 0.3 is 5.97 Å². The molecular formula is C15H18N2O4S. The van der Waals surface area contributed by atoms with E-state index in [0.29, 0.717) is 24.4 Å². The third-order valence-corrected chi connectivity index (χ3v) is 3.91. The van der Waals surface area contributed by atoms with Crippen molar-refractivity contribution in [2.75, 3.05) is 13.1 Å². The Morgan fingerprint density at radius 2 is 2.18 bits per heavy atom. The van der Waals surface area contributed by atoms with E-state index in [2.05, 4.69) is 4.98 Å². The largest absolute Gasteiger partial charge is 0.480 e. The van der Waals surface area contributed by atoms with Crippen LogP contribution >= 0.6 is 11.3 Å². The molecule has 0 fully saturated rings. The van der Waals surface area contributed by atoms with Gasteiger partial charge in [-0.1, -0.05) is 6.92 Å². The van der Waals surface area contributed by atoms with E-state index in [1.54, 1.807) is 5.38 Å². The second kappa shape index (κ2) is 7.22. The summed E-state index contributed by atoms with van der Waals surface area (Å²) in [7, 11) is 0. The first-order valence-electron chi connectivity index (χ1n) is 7.00. The van der Waals surface area contributed by atoms with Crippen LogP contribution in [-0.4, -0.2) is 40.0 Å². The Morgan fingerprint density at radius 1 is 1.41 bits per heavy atom. The van der Waals surface area contributed by atoms with Crippen LogP contribution in [0.4, 0.5) is 0 Å². The highest BCUT2D eigenvalue weighted by Crippen LogP contribution is 2.25. The molecule has 22 heavy (non-hydrogen) atoms. The van der Waals surface area contributed by atoms with E-state index in [-0.39, 0.29) is 18.9 Å². The lowest BCUT2D eigenvalue weighted by Crippen LogP contribution is -2.37. The van der Waals surface area contributed by atoms with Crippen molar-refractivity contribution >= 4 is 23.2 Å². The van der Waals surface area contributed by atoms with Gasteiger partial charge in [-0.25, -0.2) is 4.98 Å². The lowest BCUT2D eigenvalue weighted by Gasteiger charge is -2.19. The topological polar surface area (TPSA) is 83.6 Å². The zero-order valence-corrected chi connectivity index (χ0v) is 13.4. The van der Waals surface area contributed by atoms with Crippen molar-refractivity contribution < 1.29 is 19.1 Å². The summed E-state index contributed by atoms with van der Waals surface area (Å²) < 4.78 is 5.50. The summed E-state index contributed by atoms with van der Waals surface area (Å²) in [4.78, 5) is 28.7. The summed E-state index contributed by atoms with van der Waals surface area (Å²) in [6, 6.07) is 3.70. The van der Waals surface area contributed by atoms with E-state index in [4.69, 9.17) is 9.52 Å². The zero-order chi connectivity index (χ0) is 16.1. The maximum Gasteiger partial charge on any atom is 0.323 e. The molecule has 0 unspecified atom stereocenters. The first-order chi connectivity index (χ1) is 10.5. The number of carbonyl (C=O) groups is 2. The van der Waals surface area contributed by atoms with Crippen LogP contribution in [0.1, 0.15) is 24.8 Å². The fourth-order valence-corrected chi connectivity index (χ4v) is 2.82. The summed E-state index contributed by atoms with van der Waals surface area (Å²) in [6.45, 7) is 3.92. The monoisotopic (exact) mass is 322 g/mol. The molecule has 0 spiro atoms. The molecule has 0 aliphatic carbocycles. The van der Waals surface area contributed by atoms with E-state index in [1.807, 2.05) is 26.0 Å². The van der Waals surface area contributed by atoms with Crippen LogP contribution in [0.3, 0.4) is 0 Å². The average Bonchev–Trinajstić information content (AvgIpc) is 3.06. The smallest absolute Gasteiger partial charge is 0.323 e. The Kier molecular flexibility index (Phi) is 5.32. The number of thiazole rings is 1. The van der Waals surface area contributed by atoms with Gasteiger partial charge < -0.3 is 14.4 Å². The molecule has 1 amide bonds. The Labute approximate surface area is 132 Å². The third kappa shape index (κ3) is 4.17. The summed E-state index contributed by atoms with van der Waals surface area (Å²) in [5, 5.41) is 11.4. The molecule has 0 aromatic carbocycles. The van der Waals surface area contributed by atoms with Gasteiger partial charge in [0, 0.05) is 11.9 Å². The number of hydrogen-bond donors (Lipinski definition) is 1. The van der Waals surface area contributed by atoms with Crippen LogP contribution in [0.2, 0.25) is 0 Å². The fourth-order valence-electron chi connectivity index (χ4n) is 2.04. The van der Waals surface area contributed by atoms with Gasteiger partial charge in [-0.2, -0.15) is 0 Å². The summed E-state index contributed by atoms with van der Waals surface area (Å²) in [5.41, 5.74) is 0.630. The number of carboxylic acid groups (broad SMARTS) is 1. The molecule has 118 valence electrons. The van der Waals surface area contributed by atoms with Crippen molar-refractivity contribution in [3.8, 4) is 10.8 Å². The lowest BCUT2D eigenvalue weighted by atomic mass is 10.2. The molecular weight excluding hydrogens is 304 g/mol. The third-order valence-electron chi connectivity index (χ3n) is 3.01. The number of aryl methyl sites for hydroxylation is 1. The Balaban J connectivity index is 2.04. The van der Waals surface area contributed by atoms with Gasteiger partial charge in [0.25, 0.3) is 0 Å². The van der Waals surface area contributed by atoms with E-state index >= 15 is 0 Å². The number of carbonyl (C=O) groups excluding carboxylic acids is 1.